The van der Waals surface area contributed by atoms with E-state index in [-0.39, 0.29) is 0 Å². The Hall–Kier alpha value is -1.18. The predicted molar refractivity (Wildman–Crippen MR) is 56.8 cm³/mol. The van der Waals surface area contributed by atoms with Gasteiger partial charge in [0.25, 0.3) is 0 Å². The van der Waals surface area contributed by atoms with Crippen molar-refractivity contribution in [1.82, 2.24) is 0 Å². The summed E-state index contributed by atoms with van der Waals surface area (Å²) in [6.45, 7) is 5.46. The zero-order valence-electron chi connectivity index (χ0n) is 8.20. The molecule has 69 valence electrons. The molecule has 1 aromatic rings. The molecule has 1 aliphatic rings. The van der Waals surface area contributed by atoms with E-state index >= 15 is 0 Å². The fourth-order valence-electron chi connectivity index (χ4n) is 1.76. The molecule has 2 nitrogen and oxygen atoms in total. The van der Waals surface area contributed by atoms with Crippen LogP contribution >= 0.6 is 0 Å². The number of rotatable bonds is 2. The molecule has 13 heavy (non-hydrogen) atoms. The van der Waals surface area contributed by atoms with Crippen molar-refractivity contribution >= 4 is 11.4 Å². The van der Waals surface area contributed by atoms with Crippen LogP contribution in [0.1, 0.15) is 13.3 Å². The van der Waals surface area contributed by atoms with Crippen LogP contribution in [0.3, 0.4) is 0 Å². The lowest BCUT2D eigenvalue weighted by Crippen LogP contribution is -2.22. The smallest absolute Gasteiger partial charge is 0.142 e. The van der Waals surface area contributed by atoms with Gasteiger partial charge < -0.3 is 9.80 Å². The molecule has 0 saturated heterocycles. The normalized spacial score (nSPS) is 14.9. The van der Waals surface area contributed by atoms with Crippen LogP contribution in [0, 0.1) is 6.67 Å². The molecule has 1 heterocycles. The fraction of sp³-hybridized carbons (Fsp3) is 0.364. The molecule has 0 N–H and O–H groups in total. The van der Waals surface area contributed by atoms with Gasteiger partial charge in [-0.1, -0.05) is 19.1 Å². The molecule has 2 heteroatoms. The molecular weight excluding hydrogens is 160 g/mol. The highest BCUT2D eigenvalue weighted by Crippen LogP contribution is 2.36. The first-order valence-electron chi connectivity index (χ1n) is 4.76. The molecule has 0 atom stereocenters. The molecule has 0 saturated carbocycles. The van der Waals surface area contributed by atoms with Gasteiger partial charge in [-0.2, -0.15) is 0 Å². The summed E-state index contributed by atoms with van der Waals surface area (Å²) >= 11 is 0. The van der Waals surface area contributed by atoms with Gasteiger partial charge >= 0.3 is 0 Å². The van der Waals surface area contributed by atoms with E-state index in [1.54, 1.807) is 0 Å². The van der Waals surface area contributed by atoms with Crippen LogP contribution in [0.25, 0.3) is 0 Å². The standard InChI is InChI=1S/C11H15N2/c1-3-8-13-9-12(2)10-6-4-5-7-11(10)13/h4-7,9H,3,8H2,1-2H3. The lowest BCUT2D eigenvalue weighted by molar-refractivity contribution is 0.845. The van der Waals surface area contributed by atoms with Crippen LogP contribution in [0.5, 0.6) is 0 Å². The first-order chi connectivity index (χ1) is 6.33. The molecule has 0 amide bonds. The second kappa shape index (κ2) is 3.29. The highest BCUT2D eigenvalue weighted by atomic mass is 15.4. The quantitative estimate of drug-likeness (QED) is 0.681. The van der Waals surface area contributed by atoms with Crippen molar-refractivity contribution in [3.05, 3.63) is 30.9 Å². The Labute approximate surface area is 79.8 Å². The van der Waals surface area contributed by atoms with Crippen molar-refractivity contribution < 1.29 is 0 Å². The summed E-state index contributed by atoms with van der Waals surface area (Å²) in [5.41, 5.74) is 2.63. The molecule has 0 bridgehead atoms. The number of benzene rings is 1. The Morgan fingerprint density at radius 3 is 2.54 bits per heavy atom. The molecular formula is C11H15N2. The second-order valence-electron chi connectivity index (χ2n) is 3.41. The predicted octanol–water partition coefficient (Wildman–Crippen LogP) is 2.47. The molecule has 2 rings (SSSR count). The molecule has 1 aliphatic heterocycles. The minimum Gasteiger partial charge on any atom is -0.349 e. The third-order valence-corrected chi connectivity index (χ3v) is 2.35. The van der Waals surface area contributed by atoms with E-state index in [1.165, 1.54) is 17.8 Å². The number of hydrogen-bond donors (Lipinski definition) is 0. The number of nitrogens with zero attached hydrogens (tertiary/aromatic N) is 2. The Balaban J connectivity index is 2.30. The highest BCUT2D eigenvalue weighted by molar-refractivity contribution is 5.77. The summed E-state index contributed by atoms with van der Waals surface area (Å²) in [6.07, 6.45) is 1.18. The number of hydrogen-bond acceptors (Lipinski definition) is 2. The average molecular weight is 175 g/mol. The van der Waals surface area contributed by atoms with Crippen LogP contribution in [-0.4, -0.2) is 13.6 Å². The van der Waals surface area contributed by atoms with Gasteiger partial charge in [-0.25, -0.2) is 0 Å². The zero-order valence-corrected chi connectivity index (χ0v) is 8.20. The summed E-state index contributed by atoms with van der Waals surface area (Å²) < 4.78 is 0. The van der Waals surface area contributed by atoms with Gasteiger partial charge in [-0.05, 0) is 18.6 Å². The molecule has 0 fully saturated rings. The third-order valence-electron chi connectivity index (χ3n) is 2.35. The Bertz CT molecular complexity index is 296. The summed E-state index contributed by atoms with van der Waals surface area (Å²) in [5, 5.41) is 0. The van der Waals surface area contributed by atoms with Gasteiger partial charge in [-0.3, -0.25) is 0 Å². The number of para-hydroxylation sites is 2. The highest BCUT2D eigenvalue weighted by Gasteiger charge is 2.21. The maximum atomic E-state index is 2.30. The van der Waals surface area contributed by atoms with Gasteiger partial charge in [0.15, 0.2) is 0 Å². The van der Waals surface area contributed by atoms with Gasteiger partial charge in [0.05, 0.1) is 11.4 Å². The minimum atomic E-state index is 1.10. The first-order valence-corrected chi connectivity index (χ1v) is 4.76. The van der Waals surface area contributed by atoms with E-state index in [9.17, 15) is 0 Å². The maximum absolute atomic E-state index is 2.30. The zero-order chi connectivity index (χ0) is 9.26. The van der Waals surface area contributed by atoms with Crippen LogP contribution in [-0.2, 0) is 0 Å². The Morgan fingerprint density at radius 1 is 1.15 bits per heavy atom. The Kier molecular flexibility index (Phi) is 2.13. The summed E-state index contributed by atoms with van der Waals surface area (Å²) in [6, 6.07) is 8.50. The first kappa shape index (κ1) is 8.42. The van der Waals surface area contributed by atoms with Crippen molar-refractivity contribution in [2.75, 3.05) is 23.4 Å². The lowest BCUT2D eigenvalue weighted by Gasteiger charge is -2.16. The molecule has 1 radical (unpaired) electrons. The van der Waals surface area contributed by atoms with E-state index < -0.39 is 0 Å². The van der Waals surface area contributed by atoms with Crippen molar-refractivity contribution in [1.29, 1.82) is 0 Å². The fourth-order valence-corrected chi connectivity index (χ4v) is 1.76. The summed E-state index contributed by atoms with van der Waals surface area (Å²) in [7, 11) is 2.09. The Morgan fingerprint density at radius 2 is 1.85 bits per heavy atom. The van der Waals surface area contributed by atoms with E-state index in [4.69, 9.17) is 0 Å². The average Bonchev–Trinajstić information content (AvgIpc) is 2.46. The minimum absolute atomic E-state index is 1.10. The van der Waals surface area contributed by atoms with Crippen LogP contribution < -0.4 is 9.80 Å². The van der Waals surface area contributed by atoms with Crippen molar-refractivity contribution in [3.63, 3.8) is 0 Å². The van der Waals surface area contributed by atoms with Gasteiger partial charge in [-0.15, -0.1) is 0 Å². The van der Waals surface area contributed by atoms with Crippen molar-refractivity contribution in [3.8, 4) is 0 Å². The lowest BCUT2D eigenvalue weighted by atomic mass is 10.2. The molecule has 0 aliphatic carbocycles. The topological polar surface area (TPSA) is 6.48 Å². The van der Waals surface area contributed by atoms with E-state index in [1.807, 2.05) is 0 Å². The van der Waals surface area contributed by atoms with Gasteiger partial charge in [0.1, 0.15) is 6.67 Å². The maximum Gasteiger partial charge on any atom is 0.142 e. The van der Waals surface area contributed by atoms with Crippen molar-refractivity contribution in [2.24, 2.45) is 0 Å². The second-order valence-corrected chi connectivity index (χ2v) is 3.41. The molecule has 0 spiro atoms. The van der Waals surface area contributed by atoms with E-state index in [2.05, 4.69) is 54.7 Å². The van der Waals surface area contributed by atoms with Crippen molar-refractivity contribution in [2.45, 2.75) is 13.3 Å². The number of anilines is 2. The van der Waals surface area contributed by atoms with E-state index in [0.717, 1.165) is 6.54 Å². The molecule has 0 unspecified atom stereocenters. The van der Waals surface area contributed by atoms with Crippen LogP contribution in [0.15, 0.2) is 24.3 Å². The monoisotopic (exact) mass is 175 g/mol. The molecule has 0 aromatic heterocycles. The van der Waals surface area contributed by atoms with Crippen LogP contribution in [0.2, 0.25) is 0 Å². The SMILES string of the molecule is CCCN1[CH]N(C)c2ccccc21. The summed E-state index contributed by atoms with van der Waals surface area (Å²) in [4.78, 5) is 4.47. The largest absolute Gasteiger partial charge is 0.349 e. The van der Waals surface area contributed by atoms with Gasteiger partial charge in [0, 0.05) is 13.6 Å². The van der Waals surface area contributed by atoms with Crippen LogP contribution in [0.4, 0.5) is 11.4 Å². The van der Waals surface area contributed by atoms with E-state index in [0.29, 0.717) is 0 Å². The van der Waals surface area contributed by atoms with Gasteiger partial charge in [0.2, 0.25) is 0 Å². The number of fused-ring (bicyclic) bond motifs is 1. The third kappa shape index (κ3) is 1.37. The summed E-state index contributed by atoms with van der Waals surface area (Å²) in [5.74, 6) is 0. The molecule has 1 aromatic carbocycles.